The van der Waals surface area contributed by atoms with E-state index < -0.39 is 6.10 Å². The Kier molecular flexibility index (Phi) is 61.7. The van der Waals surface area contributed by atoms with E-state index in [9.17, 15) is 14.4 Å². The predicted molar refractivity (Wildman–Crippen MR) is 325 cm³/mol. The molecule has 438 valence electrons. The van der Waals surface area contributed by atoms with Gasteiger partial charge in [-0.25, -0.2) is 0 Å². The molecule has 0 heterocycles. The summed E-state index contributed by atoms with van der Waals surface area (Å²) in [6.07, 6.45) is 80.3. The number of carbonyl (C=O) groups is 3. The van der Waals surface area contributed by atoms with Crippen LogP contribution in [0.2, 0.25) is 0 Å². The van der Waals surface area contributed by atoms with Crippen LogP contribution in [0.15, 0.2) is 48.6 Å². The molecule has 0 saturated heterocycles. The van der Waals surface area contributed by atoms with Gasteiger partial charge in [-0.15, -0.1) is 0 Å². The molecule has 0 amide bonds. The van der Waals surface area contributed by atoms with Gasteiger partial charge in [0.2, 0.25) is 0 Å². The average molecular weight is 1050 g/mol. The number of hydrogen-bond acceptors (Lipinski definition) is 6. The van der Waals surface area contributed by atoms with Crippen molar-refractivity contribution in [1.82, 2.24) is 0 Å². The van der Waals surface area contributed by atoms with Crippen LogP contribution in [0, 0.1) is 0 Å². The summed E-state index contributed by atoms with van der Waals surface area (Å²) >= 11 is 0. The lowest BCUT2D eigenvalue weighted by atomic mass is 10.0. The standard InChI is InChI=1S/C69H126O6/c1-4-7-10-13-16-18-20-22-24-26-28-30-31-32-33-34-35-36-37-38-39-40-42-43-45-47-49-51-53-56-59-62-68(71)74-65-66(64-73-67(70)61-58-55-15-12-9-6-3)75-69(72)63-60-57-54-52-50-48-46-44-41-29-27-25-23-21-19-17-14-11-8-5-2/h7,10,16,18,22,24,28,30,66H,4-6,8-9,11-15,17,19-21,23,25-27,29,31-65H2,1-3H3/b10-7-,18-16-,24-22-,30-28-. The summed E-state index contributed by atoms with van der Waals surface area (Å²) in [5.41, 5.74) is 0. The first-order valence-corrected chi connectivity index (χ1v) is 33.1. The molecule has 0 spiro atoms. The van der Waals surface area contributed by atoms with Crippen LogP contribution >= 0.6 is 0 Å². The Morgan fingerprint density at radius 1 is 0.280 bits per heavy atom. The molecule has 0 aromatic carbocycles. The second-order valence-electron chi connectivity index (χ2n) is 22.4. The zero-order chi connectivity index (χ0) is 54.3. The Balaban J connectivity index is 3.97. The third-order valence-electron chi connectivity index (χ3n) is 14.8. The molecule has 0 N–H and O–H groups in total. The minimum Gasteiger partial charge on any atom is -0.462 e. The van der Waals surface area contributed by atoms with E-state index in [0.717, 1.165) is 83.5 Å². The summed E-state index contributed by atoms with van der Waals surface area (Å²) in [5, 5.41) is 0. The van der Waals surface area contributed by atoms with Crippen molar-refractivity contribution in [3.8, 4) is 0 Å². The Labute approximate surface area is 467 Å². The molecule has 0 aromatic rings. The van der Waals surface area contributed by atoms with Crippen molar-refractivity contribution in [2.45, 2.75) is 361 Å². The normalized spacial score (nSPS) is 12.3. The van der Waals surface area contributed by atoms with E-state index in [4.69, 9.17) is 14.2 Å². The van der Waals surface area contributed by atoms with Crippen molar-refractivity contribution in [2.24, 2.45) is 0 Å². The summed E-state index contributed by atoms with van der Waals surface area (Å²) in [7, 11) is 0. The predicted octanol–water partition coefficient (Wildman–Crippen LogP) is 22.6. The highest BCUT2D eigenvalue weighted by Gasteiger charge is 2.19. The fourth-order valence-corrected chi connectivity index (χ4v) is 9.91. The zero-order valence-corrected chi connectivity index (χ0v) is 50.3. The highest BCUT2D eigenvalue weighted by molar-refractivity contribution is 5.71. The first-order chi connectivity index (χ1) is 37.0. The van der Waals surface area contributed by atoms with Crippen molar-refractivity contribution >= 4 is 17.9 Å². The average Bonchev–Trinajstić information content (AvgIpc) is 3.41. The van der Waals surface area contributed by atoms with Gasteiger partial charge in [-0.1, -0.05) is 326 Å². The number of allylic oxidation sites excluding steroid dienone is 8. The second kappa shape index (κ2) is 63.9. The van der Waals surface area contributed by atoms with Gasteiger partial charge in [-0.05, 0) is 57.8 Å². The topological polar surface area (TPSA) is 78.9 Å². The SMILES string of the molecule is CC/C=C\C/C=C\C/C=C\C/C=C\CCCCCCCCCCCCCCCCCCCCC(=O)OCC(COC(=O)CCCCCCCC)OC(=O)CCCCCCCCCCCCCCCCCCCCCC. The number of hydrogen-bond donors (Lipinski definition) is 0. The number of unbranched alkanes of at least 4 members (excludes halogenated alkanes) is 42. The molecule has 0 aromatic heterocycles. The monoisotopic (exact) mass is 1050 g/mol. The van der Waals surface area contributed by atoms with E-state index >= 15 is 0 Å². The van der Waals surface area contributed by atoms with Crippen LogP contribution in [-0.4, -0.2) is 37.2 Å². The van der Waals surface area contributed by atoms with E-state index in [0.29, 0.717) is 19.3 Å². The first-order valence-electron chi connectivity index (χ1n) is 33.1. The molecule has 0 aliphatic carbocycles. The molecule has 6 heteroatoms. The third-order valence-corrected chi connectivity index (χ3v) is 14.8. The zero-order valence-electron chi connectivity index (χ0n) is 50.3. The summed E-state index contributed by atoms with van der Waals surface area (Å²) in [6, 6.07) is 0. The number of ether oxygens (including phenoxy) is 3. The molecule has 0 aliphatic heterocycles. The van der Waals surface area contributed by atoms with Gasteiger partial charge in [-0.3, -0.25) is 14.4 Å². The molecule has 1 unspecified atom stereocenters. The van der Waals surface area contributed by atoms with Crippen molar-refractivity contribution in [3.05, 3.63) is 48.6 Å². The molecule has 0 bridgehead atoms. The molecule has 75 heavy (non-hydrogen) atoms. The lowest BCUT2D eigenvalue weighted by Gasteiger charge is -2.18. The summed E-state index contributed by atoms with van der Waals surface area (Å²) in [4.78, 5) is 38.0. The van der Waals surface area contributed by atoms with Crippen LogP contribution in [0.25, 0.3) is 0 Å². The van der Waals surface area contributed by atoms with Crippen molar-refractivity contribution < 1.29 is 28.6 Å². The largest absolute Gasteiger partial charge is 0.462 e. The maximum absolute atomic E-state index is 12.8. The Morgan fingerprint density at radius 3 is 0.813 bits per heavy atom. The van der Waals surface area contributed by atoms with Gasteiger partial charge in [0.25, 0.3) is 0 Å². The molecule has 0 rings (SSSR count). The van der Waals surface area contributed by atoms with E-state index in [-0.39, 0.29) is 31.1 Å². The van der Waals surface area contributed by atoms with E-state index in [2.05, 4.69) is 69.4 Å². The van der Waals surface area contributed by atoms with Gasteiger partial charge in [0.05, 0.1) is 0 Å². The van der Waals surface area contributed by atoms with Crippen molar-refractivity contribution in [3.63, 3.8) is 0 Å². The van der Waals surface area contributed by atoms with Gasteiger partial charge in [0.15, 0.2) is 6.10 Å². The molecule has 0 fully saturated rings. The third kappa shape index (κ3) is 62.1. The smallest absolute Gasteiger partial charge is 0.306 e. The second-order valence-corrected chi connectivity index (χ2v) is 22.4. The Morgan fingerprint density at radius 2 is 0.520 bits per heavy atom. The lowest BCUT2D eigenvalue weighted by molar-refractivity contribution is -0.167. The van der Waals surface area contributed by atoms with Gasteiger partial charge < -0.3 is 14.2 Å². The summed E-state index contributed by atoms with van der Waals surface area (Å²) in [5.74, 6) is -0.853. The van der Waals surface area contributed by atoms with Gasteiger partial charge in [0, 0.05) is 19.3 Å². The van der Waals surface area contributed by atoms with Gasteiger partial charge in [0.1, 0.15) is 13.2 Å². The van der Waals surface area contributed by atoms with E-state index in [1.807, 2.05) is 0 Å². The molecule has 0 aliphatic rings. The molecular weight excluding hydrogens is 925 g/mol. The van der Waals surface area contributed by atoms with Gasteiger partial charge >= 0.3 is 17.9 Å². The number of carbonyl (C=O) groups excluding carboxylic acids is 3. The van der Waals surface area contributed by atoms with Gasteiger partial charge in [-0.2, -0.15) is 0 Å². The number of rotatable bonds is 61. The lowest BCUT2D eigenvalue weighted by Crippen LogP contribution is -2.30. The molecule has 0 saturated carbocycles. The molecule has 1 atom stereocenters. The highest BCUT2D eigenvalue weighted by atomic mass is 16.6. The van der Waals surface area contributed by atoms with Crippen LogP contribution in [-0.2, 0) is 28.6 Å². The quantitative estimate of drug-likeness (QED) is 0.0261. The minimum atomic E-state index is -0.765. The first kappa shape index (κ1) is 72.4. The minimum absolute atomic E-state index is 0.0667. The Bertz CT molecular complexity index is 1300. The molecule has 6 nitrogen and oxygen atoms in total. The van der Waals surface area contributed by atoms with E-state index in [1.165, 1.54) is 231 Å². The van der Waals surface area contributed by atoms with Crippen LogP contribution in [0.5, 0.6) is 0 Å². The Hall–Kier alpha value is -2.63. The van der Waals surface area contributed by atoms with Crippen LogP contribution in [0.4, 0.5) is 0 Å². The fourth-order valence-electron chi connectivity index (χ4n) is 9.91. The van der Waals surface area contributed by atoms with Crippen LogP contribution in [0.3, 0.4) is 0 Å². The maximum Gasteiger partial charge on any atom is 0.306 e. The molecular formula is C69H126O6. The maximum atomic E-state index is 12.8. The van der Waals surface area contributed by atoms with Crippen LogP contribution in [0.1, 0.15) is 355 Å². The summed E-state index contributed by atoms with van der Waals surface area (Å²) < 4.78 is 16.8. The van der Waals surface area contributed by atoms with E-state index in [1.54, 1.807) is 0 Å². The van der Waals surface area contributed by atoms with Crippen LogP contribution < -0.4 is 0 Å². The highest BCUT2D eigenvalue weighted by Crippen LogP contribution is 2.18. The molecule has 0 radical (unpaired) electrons. The fraction of sp³-hybridized carbons (Fsp3) is 0.841. The van der Waals surface area contributed by atoms with Crippen molar-refractivity contribution in [2.75, 3.05) is 13.2 Å². The van der Waals surface area contributed by atoms with Crippen molar-refractivity contribution in [1.29, 1.82) is 0 Å². The summed E-state index contributed by atoms with van der Waals surface area (Å²) in [6.45, 7) is 6.53. The number of esters is 3.